The van der Waals surface area contributed by atoms with E-state index in [1.807, 2.05) is 54.6 Å². The number of hydrogen-bond donors (Lipinski definition) is 1. The molecule has 1 heterocycles. The number of hydrogen-bond acceptors (Lipinski definition) is 5. The number of para-hydroxylation sites is 1. The van der Waals surface area contributed by atoms with Gasteiger partial charge >= 0.3 is 6.01 Å². The number of nitrogens with one attached hydrogen (secondary N) is 1. The van der Waals surface area contributed by atoms with Crippen molar-refractivity contribution in [3.05, 3.63) is 60.2 Å². The standard InChI is InChI=1S/C18H21N5O/c1-14(2)12-19-13-15-8-10-17(11-9-15)24-18-20-21-22-23(18)16-6-4-3-5-7-16/h3-11,14,19H,12-13H2,1-2H3. The summed E-state index contributed by atoms with van der Waals surface area (Å²) in [6.07, 6.45) is 0. The lowest BCUT2D eigenvalue weighted by molar-refractivity contribution is 0.427. The Morgan fingerprint density at radius 1 is 1.04 bits per heavy atom. The second-order valence-electron chi connectivity index (χ2n) is 5.98. The van der Waals surface area contributed by atoms with E-state index in [-0.39, 0.29) is 0 Å². The molecule has 6 heteroatoms. The number of nitrogens with zero attached hydrogens (tertiary/aromatic N) is 4. The lowest BCUT2D eigenvalue weighted by Crippen LogP contribution is -2.18. The topological polar surface area (TPSA) is 64.9 Å². The predicted molar refractivity (Wildman–Crippen MR) is 92.2 cm³/mol. The van der Waals surface area contributed by atoms with Gasteiger partial charge in [0.25, 0.3) is 0 Å². The van der Waals surface area contributed by atoms with Crippen LogP contribution in [0.2, 0.25) is 0 Å². The van der Waals surface area contributed by atoms with Crippen molar-refractivity contribution in [3.63, 3.8) is 0 Å². The Morgan fingerprint density at radius 3 is 2.50 bits per heavy atom. The molecule has 0 fully saturated rings. The average molecular weight is 323 g/mol. The molecule has 0 radical (unpaired) electrons. The first kappa shape index (κ1) is 16.1. The van der Waals surface area contributed by atoms with Gasteiger partial charge in [0.15, 0.2) is 0 Å². The molecular weight excluding hydrogens is 302 g/mol. The summed E-state index contributed by atoms with van der Waals surface area (Å²) in [5, 5.41) is 15.0. The lowest BCUT2D eigenvalue weighted by atomic mass is 10.2. The van der Waals surface area contributed by atoms with Gasteiger partial charge in [0.2, 0.25) is 0 Å². The molecule has 3 aromatic rings. The summed E-state index contributed by atoms with van der Waals surface area (Å²) in [5.74, 6) is 1.35. The molecule has 0 spiro atoms. The van der Waals surface area contributed by atoms with E-state index in [4.69, 9.17) is 4.74 Å². The van der Waals surface area contributed by atoms with E-state index < -0.39 is 0 Å². The SMILES string of the molecule is CC(C)CNCc1ccc(Oc2nnnn2-c2ccccc2)cc1. The van der Waals surface area contributed by atoms with Crippen LogP contribution in [0.5, 0.6) is 11.8 Å². The van der Waals surface area contributed by atoms with Gasteiger partial charge in [0.1, 0.15) is 5.75 Å². The van der Waals surface area contributed by atoms with E-state index in [0.717, 1.165) is 18.8 Å². The zero-order valence-electron chi connectivity index (χ0n) is 13.9. The minimum Gasteiger partial charge on any atom is -0.423 e. The zero-order valence-corrected chi connectivity index (χ0v) is 13.9. The van der Waals surface area contributed by atoms with Gasteiger partial charge in [-0.3, -0.25) is 0 Å². The number of ether oxygens (including phenoxy) is 1. The minimum atomic E-state index is 0.340. The van der Waals surface area contributed by atoms with Crippen LogP contribution in [0.25, 0.3) is 5.69 Å². The molecule has 0 atom stereocenters. The van der Waals surface area contributed by atoms with Gasteiger partial charge in [0.05, 0.1) is 5.69 Å². The molecule has 0 unspecified atom stereocenters. The molecule has 0 saturated heterocycles. The van der Waals surface area contributed by atoms with Crippen molar-refractivity contribution in [1.29, 1.82) is 0 Å². The number of rotatable bonds is 7. The van der Waals surface area contributed by atoms with E-state index in [2.05, 4.69) is 34.7 Å². The highest BCUT2D eigenvalue weighted by Gasteiger charge is 2.10. The minimum absolute atomic E-state index is 0.340. The van der Waals surface area contributed by atoms with Crippen molar-refractivity contribution >= 4 is 0 Å². The maximum atomic E-state index is 5.81. The summed E-state index contributed by atoms with van der Waals surface area (Å²) < 4.78 is 7.38. The van der Waals surface area contributed by atoms with Gasteiger partial charge in [0, 0.05) is 6.54 Å². The first-order chi connectivity index (χ1) is 11.7. The summed E-state index contributed by atoms with van der Waals surface area (Å²) in [4.78, 5) is 0. The van der Waals surface area contributed by atoms with Crippen LogP contribution in [0.4, 0.5) is 0 Å². The largest absolute Gasteiger partial charge is 0.423 e. The lowest BCUT2D eigenvalue weighted by Gasteiger charge is -2.09. The quantitative estimate of drug-likeness (QED) is 0.723. The monoisotopic (exact) mass is 323 g/mol. The van der Waals surface area contributed by atoms with E-state index >= 15 is 0 Å². The molecular formula is C18H21N5O. The number of aromatic nitrogens is 4. The van der Waals surface area contributed by atoms with Crippen molar-refractivity contribution in [1.82, 2.24) is 25.5 Å². The van der Waals surface area contributed by atoms with Crippen LogP contribution in [-0.2, 0) is 6.54 Å². The molecule has 6 nitrogen and oxygen atoms in total. The third-order valence-corrected chi connectivity index (χ3v) is 3.46. The second-order valence-corrected chi connectivity index (χ2v) is 5.98. The fraction of sp³-hybridized carbons (Fsp3) is 0.278. The van der Waals surface area contributed by atoms with E-state index in [0.29, 0.717) is 17.7 Å². The van der Waals surface area contributed by atoms with Crippen LogP contribution in [0.3, 0.4) is 0 Å². The highest BCUT2D eigenvalue weighted by atomic mass is 16.5. The fourth-order valence-electron chi connectivity index (χ4n) is 2.26. The first-order valence-corrected chi connectivity index (χ1v) is 8.03. The van der Waals surface area contributed by atoms with Crippen LogP contribution in [0, 0.1) is 5.92 Å². The number of tetrazole rings is 1. The van der Waals surface area contributed by atoms with Gasteiger partial charge < -0.3 is 10.1 Å². The molecule has 0 amide bonds. The smallest absolute Gasteiger partial charge is 0.345 e. The number of benzene rings is 2. The highest BCUT2D eigenvalue weighted by Crippen LogP contribution is 2.21. The van der Waals surface area contributed by atoms with Crippen LogP contribution >= 0.6 is 0 Å². The van der Waals surface area contributed by atoms with Crippen molar-refractivity contribution in [2.75, 3.05) is 6.54 Å². The third-order valence-electron chi connectivity index (χ3n) is 3.46. The van der Waals surface area contributed by atoms with Crippen molar-refractivity contribution in [3.8, 4) is 17.4 Å². The Morgan fingerprint density at radius 2 is 1.79 bits per heavy atom. The molecule has 0 aliphatic rings. The summed E-state index contributed by atoms with van der Waals surface area (Å²) in [5.41, 5.74) is 2.07. The van der Waals surface area contributed by atoms with Crippen molar-refractivity contribution in [2.24, 2.45) is 5.92 Å². The Labute approximate surface area is 141 Å². The Bertz CT molecular complexity index is 753. The third kappa shape index (κ3) is 4.17. The predicted octanol–water partition coefficient (Wildman–Crippen LogP) is 3.20. The zero-order chi connectivity index (χ0) is 16.8. The molecule has 124 valence electrons. The summed E-state index contributed by atoms with van der Waals surface area (Å²) >= 11 is 0. The summed E-state index contributed by atoms with van der Waals surface area (Å²) in [6, 6.07) is 17.9. The maximum absolute atomic E-state index is 5.81. The van der Waals surface area contributed by atoms with Crippen LogP contribution < -0.4 is 10.1 Å². The Balaban J connectivity index is 1.66. The average Bonchev–Trinajstić information content (AvgIpc) is 3.05. The fourth-order valence-corrected chi connectivity index (χ4v) is 2.26. The van der Waals surface area contributed by atoms with Crippen LogP contribution in [0.1, 0.15) is 19.4 Å². The molecule has 2 aromatic carbocycles. The van der Waals surface area contributed by atoms with Crippen LogP contribution in [0.15, 0.2) is 54.6 Å². The van der Waals surface area contributed by atoms with Gasteiger partial charge in [-0.05, 0) is 52.7 Å². The highest BCUT2D eigenvalue weighted by molar-refractivity contribution is 5.34. The van der Waals surface area contributed by atoms with E-state index in [1.54, 1.807) is 4.68 Å². The van der Waals surface area contributed by atoms with Gasteiger partial charge in [-0.1, -0.05) is 49.3 Å². The molecule has 0 saturated carbocycles. The van der Waals surface area contributed by atoms with Gasteiger partial charge in [-0.25, -0.2) is 0 Å². The molecule has 0 aliphatic heterocycles. The second kappa shape index (κ2) is 7.70. The summed E-state index contributed by atoms with van der Waals surface area (Å²) in [6.45, 7) is 6.24. The molecule has 0 aliphatic carbocycles. The molecule has 3 rings (SSSR count). The normalized spacial score (nSPS) is 11.0. The summed E-state index contributed by atoms with van der Waals surface area (Å²) in [7, 11) is 0. The Hall–Kier alpha value is -2.73. The van der Waals surface area contributed by atoms with Crippen LogP contribution in [-0.4, -0.2) is 26.8 Å². The van der Waals surface area contributed by atoms with Crippen molar-refractivity contribution in [2.45, 2.75) is 20.4 Å². The molecule has 0 bridgehead atoms. The van der Waals surface area contributed by atoms with Gasteiger partial charge in [-0.15, -0.1) is 0 Å². The molecule has 24 heavy (non-hydrogen) atoms. The van der Waals surface area contributed by atoms with E-state index in [9.17, 15) is 0 Å². The van der Waals surface area contributed by atoms with E-state index in [1.165, 1.54) is 5.56 Å². The first-order valence-electron chi connectivity index (χ1n) is 8.03. The Kier molecular flexibility index (Phi) is 5.18. The van der Waals surface area contributed by atoms with Gasteiger partial charge in [-0.2, -0.15) is 4.68 Å². The maximum Gasteiger partial charge on any atom is 0.345 e. The molecule has 1 aromatic heterocycles. The van der Waals surface area contributed by atoms with Crippen molar-refractivity contribution < 1.29 is 4.74 Å². The molecule has 1 N–H and O–H groups in total.